The Kier molecular flexibility index (Phi) is 5.43. The molecule has 0 atom stereocenters. The molecule has 0 saturated heterocycles. The fraction of sp³-hybridized carbons (Fsp3) is 0.765. The predicted octanol–water partition coefficient (Wildman–Crippen LogP) is 3.97. The number of hydrogen-bond donors (Lipinski definition) is 1. The van der Waals surface area contributed by atoms with Gasteiger partial charge in [0.2, 0.25) is 0 Å². The average Bonchev–Trinajstić information content (AvgIpc) is 3.28. The average molecular weight is 290 g/mol. The predicted molar refractivity (Wildman–Crippen MR) is 90.2 cm³/mol. The molecule has 0 unspecified atom stereocenters. The molecule has 0 bridgehead atoms. The van der Waals surface area contributed by atoms with Gasteiger partial charge in [0, 0.05) is 31.1 Å². The highest BCUT2D eigenvalue weighted by atomic mass is 15.2. The SMILES string of the molecule is CCCNc1nc(C2CC2)nc(N(CC)CC(C)C)c1C. The van der Waals surface area contributed by atoms with E-state index in [1.165, 1.54) is 18.4 Å². The first-order chi connectivity index (χ1) is 10.1. The summed E-state index contributed by atoms with van der Waals surface area (Å²) in [5, 5.41) is 3.48. The van der Waals surface area contributed by atoms with Crippen LogP contribution < -0.4 is 10.2 Å². The zero-order valence-corrected chi connectivity index (χ0v) is 14.2. The highest BCUT2D eigenvalue weighted by Gasteiger charge is 2.29. The molecule has 0 aromatic carbocycles. The molecule has 1 heterocycles. The molecule has 0 amide bonds. The second kappa shape index (κ2) is 7.10. The molecule has 4 heteroatoms. The van der Waals surface area contributed by atoms with Crippen molar-refractivity contribution < 1.29 is 0 Å². The van der Waals surface area contributed by atoms with Crippen LogP contribution in [0.2, 0.25) is 0 Å². The third-order valence-corrected chi connectivity index (χ3v) is 3.89. The standard InChI is InChI=1S/C17H30N4/c1-6-10-18-15-13(5)17(21(7-2)11-12(3)4)20-16(19-15)14-8-9-14/h12,14H,6-11H2,1-5H3,(H,18,19,20). The zero-order valence-electron chi connectivity index (χ0n) is 14.2. The molecule has 1 aliphatic rings. The van der Waals surface area contributed by atoms with Crippen molar-refractivity contribution in [3.8, 4) is 0 Å². The topological polar surface area (TPSA) is 41.1 Å². The highest BCUT2D eigenvalue weighted by molar-refractivity contribution is 5.59. The van der Waals surface area contributed by atoms with Crippen molar-refractivity contribution in [1.82, 2.24) is 9.97 Å². The maximum Gasteiger partial charge on any atom is 0.137 e. The largest absolute Gasteiger partial charge is 0.370 e. The van der Waals surface area contributed by atoms with E-state index in [4.69, 9.17) is 9.97 Å². The second-order valence-corrected chi connectivity index (χ2v) is 6.51. The van der Waals surface area contributed by atoms with Crippen molar-refractivity contribution in [2.75, 3.05) is 29.9 Å². The van der Waals surface area contributed by atoms with Crippen LogP contribution >= 0.6 is 0 Å². The molecule has 118 valence electrons. The summed E-state index contributed by atoms with van der Waals surface area (Å²) in [7, 11) is 0. The van der Waals surface area contributed by atoms with Crippen molar-refractivity contribution in [3.63, 3.8) is 0 Å². The Balaban J connectivity index is 2.34. The van der Waals surface area contributed by atoms with Crippen molar-refractivity contribution in [3.05, 3.63) is 11.4 Å². The van der Waals surface area contributed by atoms with E-state index in [9.17, 15) is 0 Å². The minimum Gasteiger partial charge on any atom is -0.370 e. The molecule has 0 spiro atoms. The van der Waals surface area contributed by atoms with Gasteiger partial charge in [-0.05, 0) is 39.0 Å². The summed E-state index contributed by atoms with van der Waals surface area (Å²) in [6, 6.07) is 0. The fourth-order valence-electron chi connectivity index (χ4n) is 2.58. The molecule has 21 heavy (non-hydrogen) atoms. The Morgan fingerprint density at radius 2 is 1.95 bits per heavy atom. The Hall–Kier alpha value is -1.32. The van der Waals surface area contributed by atoms with E-state index >= 15 is 0 Å². The number of hydrogen-bond acceptors (Lipinski definition) is 4. The van der Waals surface area contributed by atoms with Gasteiger partial charge in [0.25, 0.3) is 0 Å². The van der Waals surface area contributed by atoms with Crippen molar-refractivity contribution in [2.24, 2.45) is 5.92 Å². The van der Waals surface area contributed by atoms with Gasteiger partial charge in [-0.15, -0.1) is 0 Å². The van der Waals surface area contributed by atoms with E-state index < -0.39 is 0 Å². The fourth-order valence-corrected chi connectivity index (χ4v) is 2.58. The molecule has 0 aliphatic heterocycles. The Morgan fingerprint density at radius 3 is 2.48 bits per heavy atom. The monoisotopic (exact) mass is 290 g/mol. The highest BCUT2D eigenvalue weighted by Crippen LogP contribution is 2.40. The van der Waals surface area contributed by atoms with Gasteiger partial charge in [0.15, 0.2) is 0 Å². The van der Waals surface area contributed by atoms with E-state index in [1.54, 1.807) is 0 Å². The summed E-state index contributed by atoms with van der Waals surface area (Å²) < 4.78 is 0. The lowest BCUT2D eigenvalue weighted by molar-refractivity contribution is 0.611. The molecule has 1 saturated carbocycles. The van der Waals surface area contributed by atoms with Crippen molar-refractivity contribution in [2.45, 2.75) is 59.8 Å². The van der Waals surface area contributed by atoms with Crippen LogP contribution in [0.1, 0.15) is 64.3 Å². The van der Waals surface area contributed by atoms with Gasteiger partial charge in [-0.2, -0.15) is 0 Å². The lowest BCUT2D eigenvalue weighted by atomic mass is 10.2. The van der Waals surface area contributed by atoms with Crippen LogP contribution in [0.15, 0.2) is 0 Å². The molecule has 1 N–H and O–H groups in total. The van der Waals surface area contributed by atoms with Gasteiger partial charge in [0.1, 0.15) is 17.5 Å². The summed E-state index contributed by atoms with van der Waals surface area (Å²) in [5.74, 6) is 4.42. The second-order valence-electron chi connectivity index (χ2n) is 6.51. The van der Waals surface area contributed by atoms with Gasteiger partial charge < -0.3 is 10.2 Å². The third kappa shape index (κ3) is 4.08. The Morgan fingerprint density at radius 1 is 1.24 bits per heavy atom. The van der Waals surface area contributed by atoms with Crippen LogP contribution in [0, 0.1) is 12.8 Å². The van der Waals surface area contributed by atoms with Crippen LogP contribution in [0.5, 0.6) is 0 Å². The number of anilines is 2. The summed E-state index contributed by atoms with van der Waals surface area (Å²) in [5.41, 5.74) is 1.19. The first kappa shape index (κ1) is 16.1. The molecule has 1 aromatic heterocycles. The van der Waals surface area contributed by atoms with Gasteiger partial charge in [-0.25, -0.2) is 9.97 Å². The van der Waals surface area contributed by atoms with E-state index in [1.807, 2.05) is 0 Å². The molecule has 0 radical (unpaired) electrons. The summed E-state index contributed by atoms with van der Waals surface area (Å²) >= 11 is 0. The Labute approximate surface area is 129 Å². The van der Waals surface area contributed by atoms with E-state index in [-0.39, 0.29) is 0 Å². The quantitative estimate of drug-likeness (QED) is 0.786. The van der Waals surface area contributed by atoms with Crippen LogP contribution in [0.25, 0.3) is 0 Å². The van der Waals surface area contributed by atoms with Crippen LogP contribution in [0.3, 0.4) is 0 Å². The van der Waals surface area contributed by atoms with E-state index in [0.29, 0.717) is 11.8 Å². The Bertz CT molecular complexity index is 466. The normalized spacial score (nSPS) is 14.6. The number of nitrogens with one attached hydrogen (secondary N) is 1. The maximum atomic E-state index is 4.90. The lowest BCUT2D eigenvalue weighted by Crippen LogP contribution is -2.29. The lowest BCUT2D eigenvalue weighted by Gasteiger charge is -2.27. The minimum atomic E-state index is 0.587. The van der Waals surface area contributed by atoms with Gasteiger partial charge >= 0.3 is 0 Å². The van der Waals surface area contributed by atoms with Gasteiger partial charge in [0.05, 0.1) is 0 Å². The molecule has 4 nitrogen and oxygen atoms in total. The van der Waals surface area contributed by atoms with Gasteiger partial charge in [-0.3, -0.25) is 0 Å². The smallest absolute Gasteiger partial charge is 0.137 e. The first-order valence-corrected chi connectivity index (χ1v) is 8.44. The van der Waals surface area contributed by atoms with E-state index in [2.05, 4.69) is 44.8 Å². The van der Waals surface area contributed by atoms with E-state index in [0.717, 1.165) is 43.5 Å². The van der Waals surface area contributed by atoms with Crippen LogP contribution in [-0.4, -0.2) is 29.6 Å². The summed E-state index contributed by atoms with van der Waals surface area (Å²) in [4.78, 5) is 12.1. The first-order valence-electron chi connectivity index (χ1n) is 8.44. The molecule has 1 aromatic rings. The maximum absolute atomic E-state index is 4.90. The van der Waals surface area contributed by atoms with Crippen LogP contribution in [0.4, 0.5) is 11.6 Å². The summed E-state index contributed by atoms with van der Waals surface area (Å²) in [6.45, 7) is 14.1. The third-order valence-electron chi connectivity index (χ3n) is 3.89. The van der Waals surface area contributed by atoms with Crippen LogP contribution in [-0.2, 0) is 0 Å². The molecular weight excluding hydrogens is 260 g/mol. The zero-order chi connectivity index (χ0) is 15.4. The number of nitrogens with zero attached hydrogens (tertiary/aromatic N) is 3. The molecular formula is C17H30N4. The van der Waals surface area contributed by atoms with Crippen molar-refractivity contribution >= 4 is 11.6 Å². The molecule has 1 fully saturated rings. The minimum absolute atomic E-state index is 0.587. The molecule has 2 rings (SSSR count). The number of rotatable bonds is 8. The number of aromatic nitrogens is 2. The van der Waals surface area contributed by atoms with Crippen molar-refractivity contribution in [1.29, 1.82) is 0 Å². The summed E-state index contributed by atoms with van der Waals surface area (Å²) in [6.07, 6.45) is 3.60. The van der Waals surface area contributed by atoms with Gasteiger partial charge in [-0.1, -0.05) is 20.8 Å². The molecule has 1 aliphatic carbocycles.